The van der Waals surface area contributed by atoms with Gasteiger partial charge in [-0.2, -0.15) is 0 Å². The van der Waals surface area contributed by atoms with E-state index in [9.17, 15) is 0 Å². The summed E-state index contributed by atoms with van der Waals surface area (Å²) in [6.07, 6.45) is 1.25. The first-order valence-corrected chi connectivity index (χ1v) is 31.5. The van der Waals surface area contributed by atoms with Crippen LogP contribution in [0.5, 0.6) is 0 Å². The highest BCUT2D eigenvalue weighted by Crippen LogP contribution is 2.51. The molecule has 14 aromatic rings. The van der Waals surface area contributed by atoms with Gasteiger partial charge >= 0.3 is 0 Å². The van der Waals surface area contributed by atoms with Crippen molar-refractivity contribution in [1.82, 2.24) is 4.57 Å². The lowest BCUT2D eigenvalue weighted by molar-refractivity contribution is 0.590. The zero-order valence-electron chi connectivity index (χ0n) is 51.4. The molecule has 86 heavy (non-hydrogen) atoms. The summed E-state index contributed by atoms with van der Waals surface area (Å²) in [5.41, 5.74) is 31.5. The quantitative estimate of drug-likeness (QED) is 0.161. The van der Waals surface area contributed by atoms with Crippen molar-refractivity contribution in [2.24, 2.45) is 0 Å². The van der Waals surface area contributed by atoms with E-state index in [1.54, 1.807) is 0 Å². The lowest BCUT2D eigenvalue weighted by Gasteiger charge is -2.46. The van der Waals surface area contributed by atoms with Gasteiger partial charge in [0.25, 0.3) is 6.71 Å². The lowest BCUT2D eigenvalue weighted by Crippen LogP contribution is -2.61. The highest BCUT2D eigenvalue weighted by atomic mass is 32.1. The second-order valence-corrected chi connectivity index (χ2v) is 26.6. The molecule has 0 atom stereocenters. The molecule has 0 radical (unpaired) electrons. The van der Waals surface area contributed by atoms with Crippen LogP contribution in [0.25, 0.3) is 91.9 Å². The fraction of sp³-hybridized carbons (Fsp3) is 0.175. The monoisotopic (exact) mass is 1130 g/mol. The molecule has 4 nitrogen and oxygen atoms in total. The summed E-state index contributed by atoms with van der Waals surface area (Å²) in [6, 6.07) is 73.7. The van der Waals surface area contributed by atoms with Crippen molar-refractivity contribution in [3.05, 3.63) is 239 Å². The van der Waals surface area contributed by atoms with Gasteiger partial charge in [0.05, 0.1) is 28.1 Å². The molecule has 0 saturated carbocycles. The molecule has 0 spiro atoms. The number of nitrogens with zero attached hydrogens (tertiary/aromatic N) is 3. The predicted octanol–water partition coefficient (Wildman–Crippen LogP) is 21.3. The van der Waals surface area contributed by atoms with Gasteiger partial charge in [0.2, 0.25) is 0 Å². The second kappa shape index (κ2) is 20.0. The number of fused-ring (bicyclic) bond motifs is 13. The van der Waals surface area contributed by atoms with E-state index in [0.717, 1.165) is 27.5 Å². The zero-order chi connectivity index (χ0) is 59.2. The van der Waals surface area contributed by atoms with Crippen LogP contribution >= 0.6 is 11.3 Å². The molecule has 16 rings (SSSR count). The molecule has 0 amide bonds. The van der Waals surface area contributed by atoms with E-state index in [0.29, 0.717) is 0 Å². The van der Waals surface area contributed by atoms with Crippen LogP contribution in [0.1, 0.15) is 85.5 Å². The minimum absolute atomic E-state index is 0.0697. The first-order valence-electron chi connectivity index (χ1n) is 30.7. The van der Waals surface area contributed by atoms with Crippen LogP contribution < -0.4 is 26.2 Å². The lowest BCUT2D eigenvalue weighted by atomic mass is 9.33. The third kappa shape index (κ3) is 8.16. The van der Waals surface area contributed by atoms with Gasteiger partial charge < -0.3 is 18.8 Å². The van der Waals surface area contributed by atoms with Crippen molar-refractivity contribution in [2.75, 3.05) is 9.80 Å². The molecule has 0 unspecified atom stereocenters. The molecule has 2 aliphatic rings. The third-order valence-electron chi connectivity index (χ3n) is 18.4. The first kappa shape index (κ1) is 53.6. The number of para-hydroxylation sites is 3. The van der Waals surface area contributed by atoms with E-state index >= 15 is 0 Å². The Bertz CT molecular complexity index is 5090. The van der Waals surface area contributed by atoms with Crippen molar-refractivity contribution in [3.63, 3.8) is 0 Å². The molecule has 0 aliphatic carbocycles. The van der Waals surface area contributed by atoms with Crippen molar-refractivity contribution in [2.45, 2.75) is 94.9 Å². The molecule has 420 valence electrons. The van der Waals surface area contributed by atoms with E-state index in [-0.39, 0.29) is 12.1 Å². The summed E-state index contributed by atoms with van der Waals surface area (Å²) in [7, 11) is 0. The minimum Gasteiger partial charge on any atom is -0.456 e. The number of thiophene rings is 1. The molecule has 0 fully saturated rings. The van der Waals surface area contributed by atoms with Gasteiger partial charge in [-0.1, -0.05) is 156 Å². The Balaban J connectivity index is 0.00000204. The summed E-state index contributed by atoms with van der Waals surface area (Å²) in [5, 5.41) is 7.44. The number of benzene rings is 11. The molecule has 2 aliphatic heterocycles. The average Bonchev–Trinajstić information content (AvgIpc) is 0.781. The molecule has 3 aromatic heterocycles. The summed E-state index contributed by atoms with van der Waals surface area (Å²) in [4.78, 5) is 5.31. The number of hydrogen-bond acceptors (Lipinski definition) is 4. The zero-order valence-corrected chi connectivity index (χ0v) is 52.2. The normalized spacial score (nSPS) is 12.9. The van der Waals surface area contributed by atoms with Gasteiger partial charge in [0, 0.05) is 64.5 Å². The van der Waals surface area contributed by atoms with Crippen LogP contribution in [0, 0.1) is 48.5 Å². The van der Waals surface area contributed by atoms with Crippen LogP contribution in [0.15, 0.2) is 199 Å². The van der Waals surface area contributed by atoms with E-state index in [1.165, 1.54) is 166 Å². The number of anilines is 6. The molecule has 0 bridgehead atoms. The Morgan fingerprint density at radius 2 is 1.00 bits per heavy atom. The van der Waals surface area contributed by atoms with Gasteiger partial charge in [0.15, 0.2) is 0 Å². The maximum atomic E-state index is 6.48. The highest BCUT2D eigenvalue weighted by Gasteiger charge is 2.45. The van der Waals surface area contributed by atoms with Crippen molar-refractivity contribution in [3.8, 4) is 27.9 Å². The first-order chi connectivity index (χ1) is 41.6. The van der Waals surface area contributed by atoms with E-state index in [1.807, 2.05) is 17.4 Å². The Morgan fingerprint density at radius 1 is 0.419 bits per heavy atom. The second-order valence-electron chi connectivity index (χ2n) is 25.6. The Morgan fingerprint density at radius 3 is 1.69 bits per heavy atom. The van der Waals surface area contributed by atoms with Gasteiger partial charge in [-0.25, -0.2) is 0 Å². The van der Waals surface area contributed by atoms with Gasteiger partial charge in [-0.05, 0) is 216 Å². The van der Waals surface area contributed by atoms with E-state index in [2.05, 4.69) is 286 Å². The van der Waals surface area contributed by atoms with E-state index < -0.39 is 0 Å². The smallest absolute Gasteiger partial charge is 0.252 e. The Kier molecular flexibility index (Phi) is 12.5. The molecule has 5 heterocycles. The van der Waals surface area contributed by atoms with Crippen molar-refractivity contribution in [1.29, 1.82) is 0 Å². The summed E-state index contributed by atoms with van der Waals surface area (Å²) < 4.78 is 11.7. The molecule has 0 saturated heterocycles. The fourth-order valence-electron chi connectivity index (χ4n) is 14.8. The van der Waals surface area contributed by atoms with Crippen LogP contribution in [-0.2, 0) is 5.41 Å². The predicted molar refractivity (Wildman–Crippen MR) is 374 cm³/mol. The molecule has 11 aromatic carbocycles. The number of aryl methyl sites for hydroxylation is 7. The van der Waals surface area contributed by atoms with Crippen molar-refractivity contribution >= 4 is 132 Å². The average molecular weight is 1130 g/mol. The number of rotatable bonds is 5. The SMILES string of the molecule is CCC.Cc1cc2c3c(c1)N(c1c(C)cc(-c4ccc5c(c4)oc4ccccc45)cc1C)c1cc4c(cc1B3c1ccc(C(C)(C)C)cc1N2c1c(C)cc(-c2cccc3c2sc2ccccc23)cc1C)c1ccccc1n4-c1c(C)cccc1C. The summed E-state index contributed by atoms with van der Waals surface area (Å²) >= 11 is 1.90. The standard InChI is InChI=1S/C77H62BN3OS.C3H8/c1-43-33-67-72-68(34-43)81(74-46(4)35-51(36-47(74)5)50-29-31-57-56-22-12-15-27-69(56)82-70(57)39-50)66-42-64-60(55-21-11-14-26-63(55)79(64)73-44(2)19-17-20-45(73)3)41-62(66)78(72)61-32-30-53(77(8,9)10)40-65(61)80(67)75-48(6)37-52(38-49(75)7)54-24-18-25-59-58-23-13-16-28-71(58)83-76(54)59;1-3-2/h11-42H,1-10H3;3H2,1-2H3. The molecular formula is C80H70BN3OS. The molecule has 6 heteroatoms. The summed E-state index contributed by atoms with van der Waals surface area (Å²) in [5.74, 6) is 0. The highest BCUT2D eigenvalue weighted by molar-refractivity contribution is 7.26. The fourth-order valence-corrected chi connectivity index (χ4v) is 16.0. The Labute approximate surface area is 509 Å². The van der Waals surface area contributed by atoms with Crippen LogP contribution in [0.2, 0.25) is 0 Å². The summed E-state index contributed by atoms with van der Waals surface area (Å²) in [6.45, 7) is 27.3. The number of furan rings is 1. The Hall–Kier alpha value is -9.10. The third-order valence-corrected chi connectivity index (χ3v) is 19.6. The maximum Gasteiger partial charge on any atom is 0.252 e. The topological polar surface area (TPSA) is 24.6 Å². The van der Waals surface area contributed by atoms with Crippen LogP contribution in [-0.4, -0.2) is 11.3 Å². The van der Waals surface area contributed by atoms with Gasteiger partial charge in [0.1, 0.15) is 11.2 Å². The van der Waals surface area contributed by atoms with Crippen molar-refractivity contribution < 1.29 is 4.42 Å². The van der Waals surface area contributed by atoms with Crippen LogP contribution in [0.4, 0.5) is 34.1 Å². The number of hydrogen-bond donors (Lipinski definition) is 0. The minimum atomic E-state index is -0.0857. The molecular weight excluding hydrogens is 1060 g/mol. The van der Waals surface area contributed by atoms with Crippen LogP contribution in [0.3, 0.4) is 0 Å². The maximum absolute atomic E-state index is 6.48. The van der Waals surface area contributed by atoms with E-state index in [4.69, 9.17) is 4.42 Å². The molecule has 0 N–H and O–H groups in total. The van der Waals surface area contributed by atoms with Gasteiger partial charge in [-0.3, -0.25) is 0 Å². The number of aromatic nitrogens is 1. The largest absolute Gasteiger partial charge is 0.456 e. The van der Waals surface area contributed by atoms with Gasteiger partial charge in [-0.15, -0.1) is 11.3 Å².